The quantitative estimate of drug-likeness (QED) is 0.387. The number of hydrogen-bond donors (Lipinski definition) is 2. The highest BCUT2D eigenvalue weighted by Gasteiger charge is 2.42. The van der Waals surface area contributed by atoms with Gasteiger partial charge < -0.3 is 25.2 Å². The molecule has 0 saturated carbocycles. The van der Waals surface area contributed by atoms with Crippen LogP contribution in [0.5, 0.6) is 5.75 Å². The fourth-order valence-electron chi connectivity index (χ4n) is 7.22. The molecule has 2 N–H and O–H groups in total. The average Bonchev–Trinajstić information content (AvgIpc) is 3.30. The third kappa shape index (κ3) is 6.39. The predicted octanol–water partition coefficient (Wildman–Crippen LogP) is 5.07. The highest BCUT2D eigenvalue weighted by atomic mass is 16.5. The number of anilines is 1. The molecule has 2 aromatic carbocycles. The summed E-state index contributed by atoms with van der Waals surface area (Å²) in [6.45, 7) is 4.71. The van der Waals surface area contributed by atoms with Crippen LogP contribution in [0, 0.1) is 6.92 Å². The Hall–Kier alpha value is -3.91. The largest absolute Gasteiger partial charge is 0.496 e. The third-order valence-electron chi connectivity index (χ3n) is 9.71. The molecule has 8 nitrogen and oxygen atoms in total. The normalized spacial score (nSPS) is 22.3. The van der Waals surface area contributed by atoms with Gasteiger partial charge in [-0.2, -0.15) is 0 Å². The molecule has 1 aromatic heterocycles. The van der Waals surface area contributed by atoms with Crippen molar-refractivity contribution in [3.05, 3.63) is 88.6 Å². The number of aromatic nitrogens is 1. The maximum absolute atomic E-state index is 13.1. The molecule has 4 heterocycles. The number of fused-ring (bicyclic) bond motifs is 2. The third-order valence-corrected chi connectivity index (χ3v) is 9.71. The number of nitrogens with zero attached hydrogens (tertiary/aromatic N) is 3. The number of benzene rings is 2. The lowest BCUT2D eigenvalue weighted by Gasteiger charge is -2.40. The maximum atomic E-state index is 13.1. The minimum atomic E-state index is -0.115. The lowest BCUT2D eigenvalue weighted by molar-refractivity contribution is 0.0923. The molecule has 8 heteroatoms. The number of nitrogens with one attached hydrogen (secondary N) is 2. The van der Waals surface area contributed by atoms with Gasteiger partial charge in [0.25, 0.3) is 11.8 Å². The van der Waals surface area contributed by atoms with Gasteiger partial charge in [-0.25, -0.2) is 4.98 Å². The van der Waals surface area contributed by atoms with E-state index in [1.807, 2.05) is 37.3 Å². The van der Waals surface area contributed by atoms with E-state index in [1.54, 1.807) is 13.3 Å². The summed E-state index contributed by atoms with van der Waals surface area (Å²) < 4.78 is 5.40. The van der Waals surface area contributed by atoms with Crippen LogP contribution in [0.1, 0.15) is 81.8 Å². The van der Waals surface area contributed by atoms with Crippen LogP contribution < -0.4 is 20.3 Å². The first-order chi connectivity index (χ1) is 20.9. The Labute approximate surface area is 254 Å². The molecule has 3 aliphatic rings. The molecule has 3 atom stereocenters. The molecule has 3 aliphatic heterocycles. The maximum Gasteiger partial charge on any atom is 0.253 e. The molecule has 1 unspecified atom stereocenters. The van der Waals surface area contributed by atoms with Crippen LogP contribution in [0.3, 0.4) is 0 Å². The summed E-state index contributed by atoms with van der Waals surface area (Å²) in [4.78, 5) is 35.5. The smallest absolute Gasteiger partial charge is 0.253 e. The Morgan fingerprint density at radius 2 is 1.65 bits per heavy atom. The Kier molecular flexibility index (Phi) is 8.66. The molecular weight excluding hydrogens is 538 g/mol. The molecule has 226 valence electrons. The van der Waals surface area contributed by atoms with Crippen LogP contribution in [0.25, 0.3) is 0 Å². The number of hydrogen-bond acceptors (Lipinski definition) is 6. The zero-order valence-electron chi connectivity index (χ0n) is 25.5. The van der Waals surface area contributed by atoms with Gasteiger partial charge in [0.1, 0.15) is 11.6 Å². The van der Waals surface area contributed by atoms with Crippen LogP contribution >= 0.6 is 0 Å². The first kappa shape index (κ1) is 29.2. The summed E-state index contributed by atoms with van der Waals surface area (Å²) in [6.07, 6.45) is 8.01. The van der Waals surface area contributed by atoms with Gasteiger partial charge in [0.2, 0.25) is 0 Å². The Morgan fingerprint density at radius 3 is 2.30 bits per heavy atom. The molecule has 0 spiro atoms. The zero-order valence-corrected chi connectivity index (χ0v) is 25.5. The number of pyridine rings is 1. The number of piperidine rings is 2. The summed E-state index contributed by atoms with van der Waals surface area (Å²) in [5, 5.41) is 6.33. The van der Waals surface area contributed by atoms with E-state index in [9.17, 15) is 9.59 Å². The molecule has 0 radical (unpaired) electrons. The van der Waals surface area contributed by atoms with Crippen molar-refractivity contribution in [1.82, 2.24) is 20.5 Å². The van der Waals surface area contributed by atoms with Crippen LogP contribution in [-0.2, 0) is 6.54 Å². The van der Waals surface area contributed by atoms with Gasteiger partial charge in [-0.3, -0.25) is 9.59 Å². The summed E-state index contributed by atoms with van der Waals surface area (Å²) in [6, 6.07) is 18.9. The molecule has 3 saturated heterocycles. The summed E-state index contributed by atoms with van der Waals surface area (Å²) in [5.41, 5.74) is 4.58. The topological polar surface area (TPSA) is 86.8 Å². The molecule has 0 aliphatic carbocycles. The summed E-state index contributed by atoms with van der Waals surface area (Å²) >= 11 is 0. The number of methoxy groups -OCH3 is 1. The Bertz CT molecular complexity index is 1420. The van der Waals surface area contributed by atoms with E-state index in [0.717, 1.165) is 61.5 Å². The van der Waals surface area contributed by atoms with Crippen molar-refractivity contribution in [3.8, 4) is 5.75 Å². The predicted molar refractivity (Wildman–Crippen MR) is 169 cm³/mol. The fraction of sp³-hybridized carbons (Fsp3) is 0.457. The molecule has 3 fully saturated rings. The van der Waals surface area contributed by atoms with Gasteiger partial charge in [0.05, 0.1) is 12.7 Å². The minimum absolute atomic E-state index is 0.0454. The van der Waals surface area contributed by atoms with Gasteiger partial charge in [-0.05, 0) is 107 Å². The second-order valence-corrected chi connectivity index (χ2v) is 12.5. The Balaban J connectivity index is 1.01. The zero-order chi connectivity index (χ0) is 29.9. The summed E-state index contributed by atoms with van der Waals surface area (Å²) in [5.74, 6) is 2.10. The van der Waals surface area contributed by atoms with Crippen molar-refractivity contribution in [2.45, 2.75) is 76.0 Å². The van der Waals surface area contributed by atoms with E-state index in [2.05, 4.69) is 51.7 Å². The van der Waals surface area contributed by atoms with Crippen LogP contribution in [0.2, 0.25) is 0 Å². The highest BCUT2D eigenvalue weighted by Crippen LogP contribution is 2.39. The van der Waals surface area contributed by atoms with Crippen LogP contribution in [0.4, 0.5) is 5.82 Å². The van der Waals surface area contributed by atoms with Crippen molar-refractivity contribution in [1.29, 1.82) is 0 Å². The number of carbonyl (C=O) groups excluding carboxylic acids is 2. The number of amides is 2. The monoisotopic (exact) mass is 581 g/mol. The molecule has 43 heavy (non-hydrogen) atoms. The van der Waals surface area contributed by atoms with Crippen molar-refractivity contribution >= 4 is 17.6 Å². The van der Waals surface area contributed by atoms with Crippen LogP contribution in [0.15, 0.2) is 60.8 Å². The van der Waals surface area contributed by atoms with Gasteiger partial charge in [-0.1, -0.05) is 30.3 Å². The molecular formula is C35H43N5O3. The molecule has 2 amide bonds. The lowest BCUT2D eigenvalue weighted by atomic mass is 9.89. The SMILES string of the molecule is COc1cccc(C(=O)NC2C[C@H]3CC[C@@H](C2)N3c2ccc(C(=O)NCc3ccc(C4CCN(C)CC4)cc3)cn2)c1C. The highest BCUT2D eigenvalue weighted by molar-refractivity contribution is 5.96. The minimum Gasteiger partial charge on any atom is -0.496 e. The van der Waals surface area contributed by atoms with Crippen molar-refractivity contribution in [2.24, 2.45) is 0 Å². The Morgan fingerprint density at radius 1 is 0.930 bits per heavy atom. The molecule has 6 rings (SSSR count). The van der Waals surface area contributed by atoms with E-state index in [4.69, 9.17) is 9.72 Å². The van der Waals surface area contributed by atoms with Gasteiger partial charge >= 0.3 is 0 Å². The van der Waals surface area contributed by atoms with Crippen molar-refractivity contribution in [3.63, 3.8) is 0 Å². The first-order valence-corrected chi connectivity index (χ1v) is 15.6. The van der Waals surface area contributed by atoms with E-state index in [-0.39, 0.29) is 17.9 Å². The average molecular weight is 582 g/mol. The first-order valence-electron chi connectivity index (χ1n) is 15.6. The summed E-state index contributed by atoms with van der Waals surface area (Å²) in [7, 11) is 3.81. The van der Waals surface area contributed by atoms with E-state index in [0.29, 0.717) is 35.7 Å². The number of carbonyl (C=O) groups is 2. The van der Waals surface area contributed by atoms with Crippen molar-refractivity contribution in [2.75, 3.05) is 32.1 Å². The molecule has 3 aromatic rings. The number of likely N-dealkylation sites (tertiary alicyclic amines) is 1. The van der Waals surface area contributed by atoms with E-state index < -0.39 is 0 Å². The van der Waals surface area contributed by atoms with Gasteiger partial charge in [0.15, 0.2) is 0 Å². The van der Waals surface area contributed by atoms with Gasteiger partial charge in [0, 0.05) is 42.0 Å². The lowest BCUT2D eigenvalue weighted by Crippen LogP contribution is -2.50. The van der Waals surface area contributed by atoms with E-state index >= 15 is 0 Å². The molecule has 2 bridgehead atoms. The van der Waals surface area contributed by atoms with Crippen LogP contribution in [-0.4, -0.2) is 67.1 Å². The van der Waals surface area contributed by atoms with Gasteiger partial charge in [-0.15, -0.1) is 0 Å². The van der Waals surface area contributed by atoms with Crippen molar-refractivity contribution < 1.29 is 14.3 Å². The second-order valence-electron chi connectivity index (χ2n) is 12.5. The van der Waals surface area contributed by atoms with E-state index in [1.165, 1.54) is 18.4 Å². The standard InChI is InChI=1S/C35H43N5O3/c1-23-31(5-4-6-32(23)43-3)35(42)38-28-19-29-12-13-30(20-28)40(29)33-14-11-27(22-36-33)34(41)37-21-24-7-9-25(10-8-24)26-15-17-39(2)18-16-26/h4-11,14,22,26,28-30H,12-13,15-21H2,1-3H3,(H,37,41)(H,38,42)/t28?,29-,30+. The number of ether oxygens (including phenoxy) is 1. The fourth-order valence-corrected chi connectivity index (χ4v) is 7.22. The number of rotatable bonds is 8. The second kappa shape index (κ2) is 12.8.